The molecule has 1 unspecified atom stereocenters. The molecule has 1 aromatic carbocycles. The average molecular weight is 332 g/mol. The number of carbonyl (C=O) groups excluding carboxylic acids is 2. The molecule has 8 heteroatoms. The first-order valence-electron chi connectivity index (χ1n) is 6.93. The van der Waals surface area contributed by atoms with Crippen LogP contribution in [-0.4, -0.2) is 31.8 Å². The van der Waals surface area contributed by atoms with Gasteiger partial charge in [0.15, 0.2) is 0 Å². The van der Waals surface area contributed by atoms with Crippen LogP contribution >= 0.6 is 0 Å². The quantitative estimate of drug-likeness (QED) is 0.815. The molecule has 0 radical (unpaired) electrons. The van der Waals surface area contributed by atoms with Gasteiger partial charge >= 0.3 is 18.2 Å². The Labute approximate surface area is 132 Å². The van der Waals surface area contributed by atoms with Gasteiger partial charge in [-0.05, 0) is 13.8 Å². The van der Waals surface area contributed by atoms with Crippen LogP contribution < -0.4 is 10.6 Å². The third-order valence-corrected chi connectivity index (χ3v) is 2.94. The maximum absolute atomic E-state index is 13.2. The molecule has 5 nitrogen and oxygen atoms in total. The van der Waals surface area contributed by atoms with Gasteiger partial charge in [-0.25, -0.2) is 4.79 Å². The number of rotatable bonds is 5. The summed E-state index contributed by atoms with van der Waals surface area (Å²) in [4.78, 5) is 22.5. The van der Waals surface area contributed by atoms with Crippen LogP contribution in [0.3, 0.4) is 0 Å². The van der Waals surface area contributed by atoms with Crippen LogP contribution in [0.25, 0.3) is 0 Å². The van der Waals surface area contributed by atoms with Crippen LogP contribution in [0.5, 0.6) is 0 Å². The van der Waals surface area contributed by atoms with Crippen LogP contribution in [0.1, 0.15) is 29.2 Å². The Morgan fingerprint density at radius 1 is 1.17 bits per heavy atom. The van der Waals surface area contributed by atoms with Crippen LogP contribution in [0.4, 0.5) is 18.0 Å². The largest absolute Gasteiger partial charge is 0.448 e. The fraction of sp³-hybridized carbons (Fsp3) is 0.467. The summed E-state index contributed by atoms with van der Waals surface area (Å²) in [6.45, 7) is 3.22. The number of carbonyl (C=O) groups is 2. The highest BCUT2D eigenvalue weighted by molar-refractivity contribution is 5.75. The van der Waals surface area contributed by atoms with Crippen LogP contribution in [0.15, 0.2) is 18.2 Å². The molecule has 1 rings (SSSR count). The second-order valence-corrected chi connectivity index (χ2v) is 5.09. The van der Waals surface area contributed by atoms with Crippen LogP contribution in [-0.2, 0) is 9.53 Å². The van der Waals surface area contributed by atoms with Gasteiger partial charge in [0.25, 0.3) is 0 Å². The van der Waals surface area contributed by atoms with E-state index in [0.717, 1.165) is 0 Å². The molecule has 1 aromatic rings. The van der Waals surface area contributed by atoms with E-state index in [-0.39, 0.29) is 18.5 Å². The molecule has 23 heavy (non-hydrogen) atoms. The van der Waals surface area contributed by atoms with Gasteiger partial charge in [-0.3, -0.25) is 4.79 Å². The summed E-state index contributed by atoms with van der Waals surface area (Å²) in [6.07, 6.45) is -7.40. The molecule has 128 valence electrons. The number of hydrogen-bond acceptors (Lipinski definition) is 3. The van der Waals surface area contributed by atoms with Gasteiger partial charge in [-0.2, -0.15) is 13.2 Å². The van der Waals surface area contributed by atoms with Gasteiger partial charge in [-0.1, -0.05) is 29.3 Å². The lowest BCUT2D eigenvalue weighted by molar-refractivity contribution is -0.224. The summed E-state index contributed by atoms with van der Waals surface area (Å²) in [6, 6.07) is 3.87. The second-order valence-electron chi connectivity index (χ2n) is 5.09. The Hall–Kier alpha value is -2.25. The monoisotopic (exact) mass is 332 g/mol. The lowest BCUT2D eigenvalue weighted by Crippen LogP contribution is -2.35. The number of ether oxygens (including phenoxy) is 1. The molecule has 0 aromatic heterocycles. The minimum absolute atomic E-state index is 0.115. The highest BCUT2D eigenvalue weighted by Gasteiger charge is 2.44. The molecular formula is C15H19F3N2O3. The molecule has 0 saturated heterocycles. The first-order chi connectivity index (χ1) is 10.6. The molecule has 0 bridgehead atoms. The number of halogens is 3. The van der Waals surface area contributed by atoms with Gasteiger partial charge in [0.1, 0.15) is 0 Å². The zero-order chi connectivity index (χ0) is 17.6. The molecule has 0 spiro atoms. The molecule has 0 aliphatic rings. The van der Waals surface area contributed by atoms with Crippen molar-refractivity contribution in [1.82, 2.24) is 10.6 Å². The van der Waals surface area contributed by atoms with Crippen molar-refractivity contribution in [2.75, 3.05) is 13.6 Å². The van der Waals surface area contributed by atoms with Gasteiger partial charge in [0, 0.05) is 19.2 Å². The Bertz CT molecular complexity index is 553. The fourth-order valence-electron chi connectivity index (χ4n) is 2.04. The highest BCUT2D eigenvalue weighted by Crippen LogP contribution is 2.36. The average Bonchev–Trinajstić information content (AvgIpc) is 2.42. The predicted octanol–water partition coefficient (Wildman–Crippen LogP) is 2.77. The Morgan fingerprint density at radius 3 is 2.22 bits per heavy atom. The summed E-state index contributed by atoms with van der Waals surface area (Å²) >= 11 is 0. The first kappa shape index (κ1) is 18.8. The van der Waals surface area contributed by atoms with E-state index in [1.54, 1.807) is 19.9 Å². The smallest absolute Gasteiger partial charge is 0.429 e. The third kappa shape index (κ3) is 6.17. The molecule has 0 fully saturated rings. The molecule has 1 atom stereocenters. The second kappa shape index (κ2) is 7.85. The van der Waals surface area contributed by atoms with Gasteiger partial charge in [0.05, 0.1) is 6.42 Å². The number of nitrogens with one attached hydrogen (secondary N) is 2. The molecular weight excluding hydrogens is 313 g/mol. The van der Waals surface area contributed by atoms with E-state index in [0.29, 0.717) is 11.1 Å². The van der Waals surface area contributed by atoms with Crippen molar-refractivity contribution >= 4 is 12.0 Å². The van der Waals surface area contributed by atoms with E-state index in [2.05, 4.69) is 15.4 Å². The molecule has 0 aliphatic heterocycles. The SMILES string of the molecule is CNC(=O)NCCC(=O)OC(c1cc(C)cc(C)c1)C(F)(F)F. The van der Waals surface area contributed by atoms with E-state index in [9.17, 15) is 22.8 Å². The van der Waals surface area contributed by atoms with E-state index >= 15 is 0 Å². The summed E-state index contributed by atoms with van der Waals surface area (Å²) in [5.74, 6) is -1.04. The van der Waals surface area contributed by atoms with E-state index in [4.69, 9.17) is 0 Å². The molecule has 0 saturated carbocycles. The van der Waals surface area contributed by atoms with E-state index in [1.807, 2.05) is 0 Å². The standard InChI is InChI=1S/C15H19F3N2O3/c1-9-6-10(2)8-11(7-9)13(15(16,17)18)23-12(21)4-5-20-14(22)19-3/h6-8,13H,4-5H2,1-3H3,(H2,19,20,22). The van der Waals surface area contributed by atoms with E-state index in [1.165, 1.54) is 19.2 Å². The molecule has 0 heterocycles. The summed E-state index contributed by atoms with van der Waals surface area (Å²) in [7, 11) is 1.38. The number of hydrogen-bond donors (Lipinski definition) is 2. The van der Waals surface area contributed by atoms with Crippen molar-refractivity contribution < 1.29 is 27.5 Å². The van der Waals surface area contributed by atoms with Crippen LogP contribution in [0, 0.1) is 13.8 Å². The van der Waals surface area contributed by atoms with Crippen LogP contribution in [0.2, 0.25) is 0 Å². The number of alkyl halides is 3. The van der Waals surface area contributed by atoms with Crippen molar-refractivity contribution in [3.63, 3.8) is 0 Å². The highest BCUT2D eigenvalue weighted by atomic mass is 19.4. The van der Waals surface area contributed by atoms with Gasteiger partial charge in [-0.15, -0.1) is 0 Å². The summed E-state index contributed by atoms with van der Waals surface area (Å²) in [5.41, 5.74) is 1.17. The molecule has 0 aliphatic carbocycles. The predicted molar refractivity (Wildman–Crippen MR) is 77.9 cm³/mol. The maximum atomic E-state index is 13.2. The number of urea groups is 1. The van der Waals surface area contributed by atoms with Crippen molar-refractivity contribution in [1.29, 1.82) is 0 Å². The first-order valence-corrected chi connectivity index (χ1v) is 6.93. The van der Waals surface area contributed by atoms with Crippen molar-refractivity contribution in [3.05, 3.63) is 34.9 Å². The number of amides is 2. The van der Waals surface area contributed by atoms with E-state index < -0.39 is 24.3 Å². The zero-order valence-corrected chi connectivity index (χ0v) is 13.1. The van der Waals surface area contributed by atoms with Crippen molar-refractivity contribution in [3.8, 4) is 0 Å². The maximum Gasteiger partial charge on any atom is 0.429 e. The van der Waals surface area contributed by atoms with Gasteiger partial charge < -0.3 is 15.4 Å². The van der Waals surface area contributed by atoms with Gasteiger partial charge in [0.2, 0.25) is 6.10 Å². The zero-order valence-electron chi connectivity index (χ0n) is 13.1. The third-order valence-electron chi connectivity index (χ3n) is 2.94. The summed E-state index contributed by atoms with van der Waals surface area (Å²) in [5, 5.41) is 4.56. The minimum atomic E-state index is -4.72. The number of benzene rings is 1. The number of aryl methyl sites for hydroxylation is 2. The normalized spacial score (nSPS) is 12.4. The minimum Gasteiger partial charge on any atom is -0.448 e. The molecule has 2 amide bonds. The van der Waals surface area contributed by atoms with Crippen molar-refractivity contribution in [2.24, 2.45) is 0 Å². The Kier molecular flexibility index (Phi) is 6.41. The topological polar surface area (TPSA) is 67.4 Å². The Balaban J connectivity index is 2.80. The summed E-state index contributed by atoms with van der Waals surface area (Å²) < 4.78 is 44.1. The lowest BCUT2D eigenvalue weighted by Gasteiger charge is -2.22. The number of esters is 1. The Morgan fingerprint density at radius 2 is 1.74 bits per heavy atom. The molecule has 2 N–H and O–H groups in total. The lowest BCUT2D eigenvalue weighted by atomic mass is 10.0. The van der Waals surface area contributed by atoms with Crippen molar-refractivity contribution in [2.45, 2.75) is 32.5 Å². The fourth-order valence-corrected chi connectivity index (χ4v) is 2.04.